The minimum Gasteiger partial charge on any atom is -0.462 e. The van der Waals surface area contributed by atoms with Gasteiger partial charge in [-0.3, -0.25) is 19.8 Å². The molecule has 160 valence electrons. The SMILES string of the molecule is CCOC(=O)c1c(NC(=O)/C=C/c2ccc([N+](=O)[O-])s2)sc2c1CCN(C(C)C)C2. The van der Waals surface area contributed by atoms with Gasteiger partial charge in [-0.15, -0.1) is 11.3 Å². The van der Waals surface area contributed by atoms with E-state index in [0.29, 0.717) is 21.5 Å². The van der Waals surface area contributed by atoms with Crippen molar-refractivity contribution in [3.05, 3.63) is 49.2 Å². The average Bonchev–Trinajstić information content (AvgIpc) is 3.30. The number of anilines is 1. The Labute approximate surface area is 182 Å². The lowest BCUT2D eigenvalue weighted by Gasteiger charge is -2.30. The van der Waals surface area contributed by atoms with E-state index in [1.165, 1.54) is 29.6 Å². The first-order valence-corrected chi connectivity index (χ1v) is 11.2. The van der Waals surface area contributed by atoms with Gasteiger partial charge in [0.25, 0.3) is 0 Å². The minimum atomic E-state index is -0.468. The van der Waals surface area contributed by atoms with Gasteiger partial charge in [0.15, 0.2) is 0 Å². The highest BCUT2D eigenvalue weighted by Gasteiger charge is 2.30. The van der Waals surface area contributed by atoms with E-state index >= 15 is 0 Å². The second-order valence-corrected chi connectivity index (χ2v) is 9.20. The number of fused-ring (bicyclic) bond motifs is 1. The van der Waals surface area contributed by atoms with Crippen LogP contribution >= 0.6 is 22.7 Å². The number of hydrogen-bond donors (Lipinski definition) is 1. The maximum Gasteiger partial charge on any atom is 0.341 e. The van der Waals surface area contributed by atoms with Crippen LogP contribution in [0.1, 0.15) is 46.4 Å². The Morgan fingerprint density at radius 2 is 2.13 bits per heavy atom. The molecule has 3 heterocycles. The van der Waals surface area contributed by atoms with Crippen LogP contribution in [0.2, 0.25) is 0 Å². The van der Waals surface area contributed by atoms with Crippen molar-refractivity contribution in [3.8, 4) is 0 Å². The van der Waals surface area contributed by atoms with E-state index in [-0.39, 0.29) is 11.6 Å². The number of ether oxygens (including phenoxy) is 1. The van der Waals surface area contributed by atoms with Gasteiger partial charge in [0.2, 0.25) is 5.91 Å². The zero-order valence-electron chi connectivity index (χ0n) is 17.0. The molecule has 30 heavy (non-hydrogen) atoms. The molecule has 2 aromatic heterocycles. The lowest BCUT2D eigenvalue weighted by atomic mass is 10.0. The van der Waals surface area contributed by atoms with E-state index < -0.39 is 16.8 Å². The molecular weight excluding hydrogens is 426 g/mol. The number of nitrogens with zero attached hydrogens (tertiary/aromatic N) is 2. The van der Waals surface area contributed by atoms with Gasteiger partial charge in [0, 0.05) is 41.0 Å². The highest BCUT2D eigenvalue weighted by molar-refractivity contribution is 7.17. The molecule has 1 N–H and O–H groups in total. The van der Waals surface area contributed by atoms with Crippen LogP contribution in [-0.2, 0) is 22.5 Å². The number of carbonyl (C=O) groups is 2. The van der Waals surface area contributed by atoms with Crippen molar-refractivity contribution in [1.29, 1.82) is 0 Å². The highest BCUT2D eigenvalue weighted by Crippen LogP contribution is 2.38. The zero-order chi connectivity index (χ0) is 21.8. The van der Waals surface area contributed by atoms with Crippen molar-refractivity contribution in [2.75, 3.05) is 18.5 Å². The average molecular weight is 450 g/mol. The molecule has 10 heteroatoms. The van der Waals surface area contributed by atoms with Crippen LogP contribution in [0.4, 0.5) is 10.0 Å². The van der Waals surface area contributed by atoms with Gasteiger partial charge in [-0.1, -0.05) is 11.3 Å². The molecule has 8 nitrogen and oxygen atoms in total. The summed E-state index contributed by atoms with van der Waals surface area (Å²) in [6.07, 6.45) is 3.55. The molecule has 1 amide bonds. The van der Waals surface area contributed by atoms with Gasteiger partial charge in [-0.2, -0.15) is 0 Å². The number of esters is 1. The summed E-state index contributed by atoms with van der Waals surface area (Å²) in [6, 6.07) is 3.37. The van der Waals surface area contributed by atoms with Crippen molar-refractivity contribution in [2.24, 2.45) is 0 Å². The lowest BCUT2D eigenvalue weighted by molar-refractivity contribution is -0.380. The Morgan fingerprint density at radius 3 is 2.77 bits per heavy atom. The van der Waals surface area contributed by atoms with Gasteiger partial charge in [-0.05, 0) is 44.9 Å². The molecule has 1 aliphatic rings. The maximum atomic E-state index is 12.6. The Morgan fingerprint density at radius 1 is 1.37 bits per heavy atom. The molecule has 0 spiro atoms. The van der Waals surface area contributed by atoms with Gasteiger partial charge < -0.3 is 10.1 Å². The maximum absolute atomic E-state index is 12.6. The summed E-state index contributed by atoms with van der Waals surface area (Å²) in [5.74, 6) is -0.836. The molecule has 0 radical (unpaired) electrons. The number of thiophene rings is 2. The van der Waals surface area contributed by atoms with Crippen molar-refractivity contribution in [2.45, 2.75) is 39.8 Å². The second-order valence-electron chi connectivity index (χ2n) is 7.00. The van der Waals surface area contributed by atoms with E-state index in [2.05, 4.69) is 24.1 Å². The third-order valence-electron chi connectivity index (χ3n) is 4.72. The molecule has 0 bridgehead atoms. The van der Waals surface area contributed by atoms with Crippen molar-refractivity contribution in [1.82, 2.24) is 4.90 Å². The number of nitro groups is 1. The molecule has 0 aromatic carbocycles. The molecule has 3 rings (SSSR count). The second kappa shape index (κ2) is 9.50. The normalized spacial score (nSPS) is 14.1. The van der Waals surface area contributed by atoms with E-state index in [0.717, 1.165) is 41.3 Å². The van der Waals surface area contributed by atoms with Crippen LogP contribution in [0.15, 0.2) is 18.2 Å². The van der Waals surface area contributed by atoms with Crippen molar-refractivity contribution >= 4 is 50.6 Å². The molecule has 2 aromatic rings. The van der Waals surface area contributed by atoms with Crippen LogP contribution in [0.25, 0.3) is 6.08 Å². The zero-order valence-corrected chi connectivity index (χ0v) is 18.6. The van der Waals surface area contributed by atoms with Crippen LogP contribution in [0.5, 0.6) is 0 Å². The highest BCUT2D eigenvalue weighted by atomic mass is 32.1. The minimum absolute atomic E-state index is 0.0142. The van der Waals surface area contributed by atoms with Gasteiger partial charge in [0.05, 0.1) is 17.1 Å². The van der Waals surface area contributed by atoms with Gasteiger partial charge in [0.1, 0.15) is 5.00 Å². The summed E-state index contributed by atoms with van der Waals surface area (Å²) in [5.41, 5.74) is 1.39. The third-order valence-corrected chi connectivity index (χ3v) is 6.86. The van der Waals surface area contributed by atoms with E-state index in [1.807, 2.05) is 0 Å². The fraction of sp³-hybridized carbons (Fsp3) is 0.400. The molecule has 0 saturated carbocycles. The molecular formula is C20H23N3O5S2. The summed E-state index contributed by atoms with van der Waals surface area (Å²) < 4.78 is 5.23. The fourth-order valence-corrected chi connectivity index (χ4v) is 5.20. The number of hydrogen-bond acceptors (Lipinski definition) is 8. The smallest absolute Gasteiger partial charge is 0.341 e. The largest absolute Gasteiger partial charge is 0.462 e. The molecule has 0 fully saturated rings. The number of amides is 1. The number of rotatable bonds is 7. The van der Waals surface area contributed by atoms with Crippen LogP contribution in [0.3, 0.4) is 0 Å². The van der Waals surface area contributed by atoms with Gasteiger partial charge >= 0.3 is 11.0 Å². The topological polar surface area (TPSA) is 102 Å². The standard InChI is InChI=1S/C20H23N3O5S2/c1-4-28-20(25)18-14-9-10-22(12(2)3)11-15(14)30-19(18)21-16(24)7-5-13-6-8-17(29-13)23(26)27/h5-8,12H,4,9-11H2,1-3H3,(H,21,24)/b7-5+. The summed E-state index contributed by atoms with van der Waals surface area (Å²) >= 11 is 2.39. The summed E-state index contributed by atoms with van der Waals surface area (Å²) in [5, 5.41) is 14.1. The Balaban J connectivity index is 1.81. The van der Waals surface area contributed by atoms with Crippen LogP contribution in [-0.4, -0.2) is 40.9 Å². The predicted molar refractivity (Wildman–Crippen MR) is 118 cm³/mol. The molecule has 0 aliphatic carbocycles. The monoisotopic (exact) mass is 449 g/mol. The van der Waals surface area contributed by atoms with E-state index in [9.17, 15) is 19.7 Å². The van der Waals surface area contributed by atoms with Crippen LogP contribution in [0, 0.1) is 10.1 Å². The molecule has 0 saturated heterocycles. The summed E-state index contributed by atoms with van der Waals surface area (Å²) in [6.45, 7) is 7.85. The Bertz CT molecular complexity index is 993. The summed E-state index contributed by atoms with van der Waals surface area (Å²) in [4.78, 5) is 39.3. The Hall–Kier alpha value is -2.56. The fourth-order valence-electron chi connectivity index (χ4n) is 3.21. The molecule has 0 atom stereocenters. The summed E-state index contributed by atoms with van der Waals surface area (Å²) in [7, 11) is 0. The van der Waals surface area contributed by atoms with Crippen LogP contribution < -0.4 is 5.32 Å². The first kappa shape index (κ1) is 22.1. The number of carbonyl (C=O) groups excluding carboxylic acids is 2. The lowest BCUT2D eigenvalue weighted by Crippen LogP contribution is -2.35. The number of nitrogens with one attached hydrogen (secondary N) is 1. The first-order valence-electron chi connectivity index (χ1n) is 9.59. The quantitative estimate of drug-likeness (QED) is 0.292. The van der Waals surface area contributed by atoms with Gasteiger partial charge in [-0.25, -0.2) is 4.79 Å². The third kappa shape index (κ3) is 4.94. The van der Waals surface area contributed by atoms with Crippen molar-refractivity contribution < 1.29 is 19.2 Å². The van der Waals surface area contributed by atoms with E-state index in [1.54, 1.807) is 13.0 Å². The van der Waals surface area contributed by atoms with E-state index in [4.69, 9.17) is 4.74 Å². The molecule has 0 unspecified atom stereocenters. The first-order chi connectivity index (χ1) is 14.3. The van der Waals surface area contributed by atoms with Crippen molar-refractivity contribution in [3.63, 3.8) is 0 Å². The molecule has 1 aliphatic heterocycles. The Kier molecular flexibility index (Phi) is 7.01. The predicted octanol–water partition coefficient (Wildman–Crippen LogP) is 4.31.